The van der Waals surface area contributed by atoms with E-state index in [0.717, 1.165) is 25.1 Å². The van der Waals surface area contributed by atoms with Crippen molar-refractivity contribution in [3.8, 4) is 0 Å². The molecule has 0 saturated carbocycles. The molecular formula is C12H18FNO. The first-order valence-electron chi connectivity index (χ1n) is 5.20. The summed E-state index contributed by atoms with van der Waals surface area (Å²) in [6, 6.07) is 6.62. The third-order valence-electron chi connectivity index (χ3n) is 2.34. The predicted octanol–water partition coefficient (Wildman–Crippen LogP) is 1.99. The molecule has 0 heterocycles. The van der Waals surface area contributed by atoms with Gasteiger partial charge in [0.2, 0.25) is 0 Å². The molecule has 1 aromatic carbocycles. The van der Waals surface area contributed by atoms with E-state index >= 15 is 0 Å². The summed E-state index contributed by atoms with van der Waals surface area (Å²) < 4.78 is 17.7. The molecule has 3 heteroatoms. The van der Waals surface area contributed by atoms with Crippen molar-refractivity contribution in [2.24, 2.45) is 0 Å². The van der Waals surface area contributed by atoms with Crippen LogP contribution in [0.3, 0.4) is 0 Å². The van der Waals surface area contributed by atoms with Gasteiger partial charge in [-0.2, -0.15) is 0 Å². The Morgan fingerprint density at radius 1 is 1.33 bits per heavy atom. The number of halogens is 1. The second-order valence-electron chi connectivity index (χ2n) is 3.63. The zero-order valence-electron chi connectivity index (χ0n) is 9.29. The van der Waals surface area contributed by atoms with Crippen molar-refractivity contribution < 1.29 is 9.13 Å². The summed E-state index contributed by atoms with van der Waals surface area (Å²) in [5.74, 6) is -0.181. The molecule has 1 unspecified atom stereocenters. The monoisotopic (exact) mass is 211 g/mol. The number of hydrogen-bond donors (Lipinski definition) is 1. The van der Waals surface area contributed by atoms with Crippen LogP contribution in [-0.4, -0.2) is 26.3 Å². The Morgan fingerprint density at radius 2 is 2.00 bits per heavy atom. The van der Waals surface area contributed by atoms with Gasteiger partial charge < -0.3 is 10.1 Å². The fourth-order valence-electron chi connectivity index (χ4n) is 1.27. The first-order valence-corrected chi connectivity index (χ1v) is 5.20. The van der Waals surface area contributed by atoms with E-state index in [2.05, 4.69) is 5.32 Å². The van der Waals surface area contributed by atoms with E-state index in [1.807, 2.05) is 19.1 Å². The highest BCUT2D eigenvalue weighted by Crippen LogP contribution is 2.02. The van der Waals surface area contributed by atoms with Crippen LogP contribution in [0.4, 0.5) is 4.39 Å². The molecule has 0 aliphatic rings. The number of nitrogens with one attached hydrogen (secondary N) is 1. The summed E-state index contributed by atoms with van der Waals surface area (Å²) in [5.41, 5.74) is 1.15. The van der Waals surface area contributed by atoms with E-state index in [4.69, 9.17) is 4.74 Å². The number of methoxy groups -OCH3 is 1. The van der Waals surface area contributed by atoms with Gasteiger partial charge in [0.05, 0.1) is 6.10 Å². The minimum atomic E-state index is -0.181. The second-order valence-corrected chi connectivity index (χ2v) is 3.63. The largest absolute Gasteiger partial charge is 0.380 e. The summed E-state index contributed by atoms with van der Waals surface area (Å²) in [6.07, 6.45) is 1.15. The molecular weight excluding hydrogens is 193 g/mol. The number of ether oxygens (including phenoxy) is 1. The maximum atomic E-state index is 12.6. The molecule has 0 aliphatic heterocycles. The molecule has 1 aromatic rings. The van der Waals surface area contributed by atoms with Gasteiger partial charge in [-0.3, -0.25) is 0 Å². The Bertz CT molecular complexity index is 273. The molecule has 0 radical (unpaired) electrons. The van der Waals surface area contributed by atoms with Gasteiger partial charge in [0, 0.05) is 13.7 Å². The van der Waals surface area contributed by atoms with Gasteiger partial charge in [-0.15, -0.1) is 0 Å². The van der Waals surface area contributed by atoms with Crippen molar-refractivity contribution >= 4 is 0 Å². The zero-order chi connectivity index (χ0) is 11.1. The van der Waals surface area contributed by atoms with Crippen molar-refractivity contribution in [3.05, 3.63) is 35.6 Å². The average Bonchev–Trinajstić information content (AvgIpc) is 2.26. The first kappa shape index (κ1) is 12.1. The molecule has 1 N–H and O–H groups in total. The van der Waals surface area contributed by atoms with Crippen LogP contribution in [0, 0.1) is 5.82 Å². The van der Waals surface area contributed by atoms with E-state index in [1.54, 1.807) is 7.11 Å². The summed E-state index contributed by atoms with van der Waals surface area (Å²) in [4.78, 5) is 0. The van der Waals surface area contributed by atoms with Gasteiger partial charge in [0.1, 0.15) is 5.82 Å². The van der Waals surface area contributed by atoms with E-state index in [1.165, 1.54) is 12.1 Å². The Balaban J connectivity index is 2.17. The van der Waals surface area contributed by atoms with Crippen LogP contribution < -0.4 is 5.32 Å². The van der Waals surface area contributed by atoms with Crippen molar-refractivity contribution in [2.45, 2.75) is 19.4 Å². The van der Waals surface area contributed by atoms with Gasteiger partial charge in [0.25, 0.3) is 0 Å². The standard InChI is InChI=1S/C12H18FNO/c1-10(15-2)9-14-8-7-11-3-5-12(13)6-4-11/h3-6,10,14H,7-9H2,1-2H3. The summed E-state index contributed by atoms with van der Waals surface area (Å²) in [5, 5.41) is 3.28. The fourth-order valence-corrected chi connectivity index (χ4v) is 1.27. The molecule has 2 nitrogen and oxygen atoms in total. The van der Waals surface area contributed by atoms with Crippen molar-refractivity contribution in [1.82, 2.24) is 5.32 Å². The Kier molecular flexibility index (Phi) is 5.29. The maximum Gasteiger partial charge on any atom is 0.123 e. The highest BCUT2D eigenvalue weighted by Gasteiger charge is 1.98. The molecule has 84 valence electrons. The van der Waals surface area contributed by atoms with Gasteiger partial charge >= 0.3 is 0 Å². The molecule has 0 aliphatic carbocycles. The summed E-state index contributed by atoms with van der Waals surface area (Å²) in [7, 11) is 1.70. The van der Waals surface area contributed by atoms with Gasteiger partial charge in [-0.25, -0.2) is 4.39 Å². The number of hydrogen-bond acceptors (Lipinski definition) is 2. The molecule has 0 bridgehead atoms. The van der Waals surface area contributed by atoms with Crippen LogP contribution in [0.2, 0.25) is 0 Å². The first-order chi connectivity index (χ1) is 7.22. The molecule has 0 fully saturated rings. The molecule has 0 spiro atoms. The summed E-state index contributed by atoms with van der Waals surface area (Å²) in [6.45, 7) is 3.75. The lowest BCUT2D eigenvalue weighted by atomic mass is 10.1. The summed E-state index contributed by atoms with van der Waals surface area (Å²) >= 11 is 0. The minimum absolute atomic E-state index is 0.181. The Hall–Kier alpha value is -0.930. The van der Waals surface area contributed by atoms with Crippen LogP contribution in [-0.2, 0) is 11.2 Å². The highest BCUT2D eigenvalue weighted by atomic mass is 19.1. The van der Waals surface area contributed by atoms with Gasteiger partial charge in [0.15, 0.2) is 0 Å². The Labute approximate surface area is 90.4 Å². The number of rotatable bonds is 6. The zero-order valence-corrected chi connectivity index (χ0v) is 9.29. The molecule has 0 saturated heterocycles. The topological polar surface area (TPSA) is 21.3 Å². The fraction of sp³-hybridized carbons (Fsp3) is 0.500. The van der Waals surface area contributed by atoms with Crippen LogP contribution >= 0.6 is 0 Å². The number of benzene rings is 1. The lowest BCUT2D eigenvalue weighted by Crippen LogP contribution is -2.27. The third-order valence-corrected chi connectivity index (χ3v) is 2.34. The molecule has 15 heavy (non-hydrogen) atoms. The predicted molar refractivity (Wildman–Crippen MR) is 59.4 cm³/mol. The van der Waals surface area contributed by atoms with E-state index < -0.39 is 0 Å². The van der Waals surface area contributed by atoms with Crippen LogP contribution in [0.1, 0.15) is 12.5 Å². The van der Waals surface area contributed by atoms with E-state index in [0.29, 0.717) is 0 Å². The van der Waals surface area contributed by atoms with Gasteiger partial charge in [-0.05, 0) is 37.6 Å². The third kappa shape index (κ3) is 4.91. The van der Waals surface area contributed by atoms with E-state index in [9.17, 15) is 4.39 Å². The minimum Gasteiger partial charge on any atom is -0.380 e. The van der Waals surface area contributed by atoms with Crippen molar-refractivity contribution in [1.29, 1.82) is 0 Å². The quantitative estimate of drug-likeness (QED) is 0.727. The molecule has 0 aromatic heterocycles. The average molecular weight is 211 g/mol. The lowest BCUT2D eigenvalue weighted by molar-refractivity contribution is 0.117. The van der Waals surface area contributed by atoms with E-state index in [-0.39, 0.29) is 11.9 Å². The van der Waals surface area contributed by atoms with Crippen LogP contribution in [0.25, 0.3) is 0 Å². The smallest absolute Gasteiger partial charge is 0.123 e. The van der Waals surface area contributed by atoms with Crippen LogP contribution in [0.15, 0.2) is 24.3 Å². The maximum absolute atomic E-state index is 12.6. The Morgan fingerprint density at radius 3 is 2.60 bits per heavy atom. The normalized spacial score (nSPS) is 12.7. The highest BCUT2D eigenvalue weighted by molar-refractivity contribution is 5.16. The SMILES string of the molecule is COC(C)CNCCc1ccc(F)cc1. The molecule has 1 atom stereocenters. The van der Waals surface area contributed by atoms with Gasteiger partial charge in [-0.1, -0.05) is 12.1 Å². The van der Waals surface area contributed by atoms with Crippen LogP contribution in [0.5, 0.6) is 0 Å². The lowest BCUT2D eigenvalue weighted by Gasteiger charge is -2.10. The van der Waals surface area contributed by atoms with Crippen molar-refractivity contribution in [2.75, 3.05) is 20.2 Å². The van der Waals surface area contributed by atoms with Crippen molar-refractivity contribution in [3.63, 3.8) is 0 Å². The molecule has 0 amide bonds. The molecule has 1 rings (SSSR count). The second kappa shape index (κ2) is 6.53.